The molecule has 0 aliphatic carbocycles. The summed E-state index contributed by atoms with van der Waals surface area (Å²) in [7, 11) is 2.94. The first-order valence-corrected chi connectivity index (χ1v) is 13.6. The molecule has 0 atom stereocenters. The second-order valence-corrected chi connectivity index (χ2v) is 10.7. The van der Waals surface area contributed by atoms with Gasteiger partial charge < -0.3 is 9.47 Å². The topological polar surface area (TPSA) is 86.7 Å². The van der Waals surface area contributed by atoms with Crippen molar-refractivity contribution in [2.75, 3.05) is 14.2 Å². The van der Waals surface area contributed by atoms with Crippen molar-refractivity contribution in [3.05, 3.63) is 137 Å². The molecule has 4 aromatic carbocycles. The van der Waals surface area contributed by atoms with Gasteiger partial charge in [0.25, 0.3) is 0 Å². The Hall–Kier alpha value is -4.68. The number of ether oxygens (including phenoxy) is 2. The average Bonchev–Trinajstić information content (AvgIpc) is 3.02. The molecule has 0 saturated heterocycles. The Kier molecular flexibility index (Phi) is 11.2. The summed E-state index contributed by atoms with van der Waals surface area (Å²) in [5.41, 5.74) is 3.23. The predicted molar refractivity (Wildman–Crippen MR) is 164 cm³/mol. The van der Waals surface area contributed by atoms with Crippen LogP contribution < -0.4 is 4.74 Å². The minimum Gasteiger partial charge on any atom is -0.497 e. The van der Waals surface area contributed by atoms with Crippen LogP contribution in [0.25, 0.3) is 0 Å². The third-order valence-corrected chi connectivity index (χ3v) is 6.63. The quantitative estimate of drug-likeness (QED) is 0.149. The molecular weight excluding hydrogens is 528 g/mol. The van der Waals surface area contributed by atoms with Crippen LogP contribution in [-0.2, 0) is 10.2 Å². The van der Waals surface area contributed by atoms with E-state index in [2.05, 4.69) is 20.8 Å². The zero-order valence-electron chi connectivity index (χ0n) is 24.6. The Balaban J connectivity index is 0.000000235. The average molecular weight is 565 g/mol. The highest BCUT2D eigenvalue weighted by atomic mass is 16.5. The first-order valence-electron chi connectivity index (χ1n) is 13.6. The lowest BCUT2D eigenvalue weighted by Gasteiger charge is -2.18. The molecule has 42 heavy (non-hydrogen) atoms. The molecule has 0 aliphatic rings. The maximum atomic E-state index is 12.3. The van der Waals surface area contributed by atoms with Gasteiger partial charge in [0.1, 0.15) is 5.75 Å². The minimum absolute atomic E-state index is 0.0422. The lowest BCUT2D eigenvalue weighted by Crippen LogP contribution is -2.32. The lowest BCUT2D eigenvalue weighted by atomic mass is 9.86. The molecule has 4 aromatic rings. The number of carbonyl (C=O) groups excluding carboxylic acids is 4. The van der Waals surface area contributed by atoms with Gasteiger partial charge in [-0.2, -0.15) is 0 Å². The third-order valence-electron chi connectivity index (χ3n) is 6.63. The van der Waals surface area contributed by atoms with Crippen LogP contribution in [0.5, 0.6) is 5.75 Å². The van der Waals surface area contributed by atoms with E-state index in [-0.39, 0.29) is 35.0 Å². The summed E-state index contributed by atoms with van der Waals surface area (Å²) in [5.74, 6) is -0.302. The molecule has 0 bridgehead atoms. The zero-order chi connectivity index (χ0) is 30.7. The Bertz CT molecular complexity index is 1430. The molecule has 0 aromatic heterocycles. The first kappa shape index (κ1) is 31.8. The SMILES string of the molecule is COC(C(=O)c1ccccc1)C(=O)c1ccccc1.COc1ccc(C(=O)CC(=O)c2ccc(C(C)(C)C)cc2)cc1. The highest BCUT2D eigenvalue weighted by Gasteiger charge is 2.28. The van der Waals surface area contributed by atoms with Crippen LogP contribution in [0.3, 0.4) is 0 Å². The van der Waals surface area contributed by atoms with Gasteiger partial charge in [0.05, 0.1) is 13.5 Å². The number of hydrogen-bond acceptors (Lipinski definition) is 6. The van der Waals surface area contributed by atoms with E-state index in [0.717, 1.165) is 5.56 Å². The van der Waals surface area contributed by atoms with Crippen molar-refractivity contribution < 1.29 is 28.7 Å². The van der Waals surface area contributed by atoms with Crippen molar-refractivity contribution in [2.24, 2.45) is 0 Å². The largest absolute Gasteiger partial charge is 0.497 e. The predicted octanol–water partition coefficient (Wildman–Crippen LogP) is 7.22. The highest BCUT2D eigenvalue weighted by molar-refractivity contribution is 6.18. The second kappa shape index (κ2) is 14.8. The number of methoxy groups -OCH3 is 2. The van der Waals surface area contributed by atoms with Crippen LogP contribution in [0.2, 0.25) is 0 Å². The number of benzene rings is 4. The Morgan fingerprint density at radius 3 is 1.33 bits per heavy atom. The fourth-order valence-corrected chi connectivity index (χ4v) is 4.12. The van der Waals surface area contributed by atoms with Crippen LogP contribution in [0.1, 0.15) is 74.2 Å². The first-order chi connectivity index (χ1) is 20.0. The summed E-state index contributed by atoms with van der Waals surface area (Å²) in [4.78, 5) is 48.9. The van der Waals surface area contributed by atoms with Crippen LogP contribution in [0.4, 0.5) is 0 Å². The zero-order valence-corrected chi connectivity index (χ0v) is 24.6. The van der Waals surface area contributed by atoms with E-state index in [1.54, 1.807) is 92.0 Å². The van der Waals surface area contributed by atoms with Crippen molar-refractivity contribution in [3.63, 3.8) is 0 Å². The summed E-state index contributed by atoms with van der Waals surface area (Å²) in [6.07, 6.45) is -1.22. The molecule has 0 heterocycles. The van der Waals surface area contributed by atoms with E-state index in [1.807, 2.05) is 24.3 Å². The molecule has 0 spiro atoms. The molecule has 0 radical (unpaired) electrons. The number of rotatable bonds is 10. The van der Waals surface area contributed by atoms with Gasteiger partial charge in [0.15, 0.2) is 29.2 Å². The van der Waals surface area contributed by atoms with E-state index in [4.69, 9.17) is 9.47 Å². The second-order valence-electron chi connectivity index (χ2n) is 10.7. The Labute approximate surface area is 247 Å². The van der Waals surface area contributed by atoms with Crippen molar-refractivity contribution >= 4 is 23.1 Å². The van der Waals surface area contributed by atoms with Gasteiger partial charge in [0.2, 0.25) is 0 Å². The van der Waals surface area contributed by atoms with Crippen molar-refractivity contribution in [3.8, 4) is 5.75 Å². The van der Waals surface area contributed by atoms with E-state index in [0.29, 0.717) is 28.0 Å². The van der Waals surface area contributed by atoms with Gasteiger partial charge in [-0.3, -0.25) is 19.2 Å². The Morgan fingerprint density at radius 2 is 0.976 bits per heavy atom. The van der Waals surface area contributed by atoms with E-state index in [9.17, 15) is 19.2 Å². The van der Waals surface area contributed by atoms with Crippen LogP contribution in [-0.4, -0.2) is 43.5 Å². The minimum atomic E-state index is -1.09. The lowest BCUT2D eigenvalue weighted by molar-refractivity contribution is 0.0513. The van der Waals surface area contributed by atoms with E-state index >= 15 is 0 Å². The molecule has 6 heteroatoms. The highest BCUT2D eigenvalue weighted by Crippen LogP contribution is 2.23. The summed E-state index contributed by atoms with van der Waals surface area (Å²) < 4.78 is 10.1. The Morgan fingerprint density at radius 1 is 0.571 bits per heavy atom. The van der Waals surface area contributed by atoms with E-state index in [1.165, 1.54) is 7.11 Å². The van der Waals surface area contributed by atoms with Crippen molar-refractivity contribution in [1.82, 2.24) is 0 Å². The molecule has 0 unspecified atom stereocenters. The van der Waals surface area contributed by atoms with Crippen LogP contribution in [0, 0.1) is 0 Å². The number of carbonyl (C=O) groups is 4. The van der Waals surface area contributed by atoms with Gasteiger partial charge in [-0.25, -0.2) is 0 Å². The fourth-order valence-electron chi connectivity index (χ4n) is 4.12. The van der Waals surface area contributed by atoms with Gasteiger partial charge in [-0.1, -0.05) is 106 Å². The molecule has 4 rings (SSSR count). The molecule has 0 aliphatic heterocycles. The van der Waals surface area contributed by atoms with Crippen molar-refractivity contribution in [2.45, 2.75) is 38.7 Å². The van der Waals surface area contributed by atoms with Crippen LogP contribution >= 0.6 is 0 Å². The molecular formula is C36H36O6. The molecule has 0 saturated carbocycles. The standard InChI is InChI=1S/C20H22O3.C16H14O3/c1-20(2,3)16-9-5-14(6-10-16)18(21)13-19(22)15-7-11-17(23-4)12-8-15;1-19-16(14(17)12-8-4-2-5-9-12)15(18)13-10-6-3-7-11-13/h5-12H,13H2,1-4H3;2-11,16H,1H3. The molecule has 216 valence electrons. The number of Topliss-reactive ketones (excluding diaryl/α,β-unsaturated/α-hetero) is 4. The van der Waals surface area contributed by atoms with Gasteiger partial charge in [-0.05, 0) is 35.2 Å². The molecule has 0 amide bonds. The third kappa shape index (κ3) is 8.66. The summed E-state index contributed by atoms with van der Waals surface area (Å²) in [6, 6.07) is 31.6. The van der Waals surface area contributed by atoms with Crippen LogP contribution in [0.15, 0.2) is 109 Å². The van der Waals surface area contributed by atoms with Gasteiger partial charge in [-0.15, -0.1) is 0 Å². The van der Waals surface area contributed by atoms with Gasteiger partial charge in [0, 0.05) is 29.4 Å². The molecule has 0 N–H and O–H groups in total. The summed E-state index contributed by atoms with van der Waals surface area (Å²) in [6.45, 7) is 6.37. The van der Waals surface area contributed by atoms with E-state index < -0.39 is 6.10 Å². The monoisotopic (exact) mass is 564 g/mol. The molecule has 6 nitrogen and oxygen atoms in total. The number of hydrogen-bond donors (Lipinski definition) is 0. The molecule has 0 fully saturated rings. The normalized spacial score (nSPS) is 10.8. The fraction of sp³-hybridized carbons (Fsp3) is 0.222. The number of ketones is 4. The summed E-state index contributed by atoms with van der Waals surface area (Å²) >= 11 is 0. The van der Waals surface area contributed by atoms with Gasteiger partial charge >= 0.3 is 0 Å². The summed E-state index contributed by atoms with van der Waals surface area (Å²) in [5, 5.41) is 0. The maximum absolute atomic E-state index is 12.3. The maximum Gasteiger partial charge on any atom is 0.199 e. The smallest absolute Gasteiger partial charge is 0.199 e. The van der Waals surface area contributed by atoms with Crippen molar-refractivity contribution in [1.29, 1.82) is 0 Å².